The van der Waals surface area contributed by atoms with Crippen LogP contribution in [0, 0.1) is 0 Å². The van der Waals surface area contributed by atoms with E-state index < -0.39 is 0 Å². The van der Waals surface area contributed by atoms with Gasteiger partial charge in [-0.05, 0) is 44.8 Å². The Bertz CT molecular complexity index is 751. The molecule has 2 saturated heterocycles. The molecule has 128 valence electrons. The number of nitrogens with two attached hydrogens (primary N) is 1. The maximum Gasteiger partial charge on any atom is 0.228 e. The number of anilines is 1. The fourth-order valence-corrected chi connectivity index (χ4v) is 4.31. The van der Waals surface area contributed by atoms with Crippen LogP contribution in [0.4, 0.5) is 5.69 Å². The highest BCUT2D eigenvalue weighted by Gasteiger charge is 2.45. The van der Waals surface area contributed by atoms with Crippen LogP contribution in [0.2, 0.25) is 5.02 Å². The second kappa shape index (κ2) is 5.93. The number of ether oxygens (including phenoxy) is 1. The molecular weight excluding hydrogens is 328 g/mol. The first-order valence-electron chi connectivity index (χ1n) is 8.32. The third kappa shape index (κ3) is 2.54. The van der Waals surface area contributed by atoms with E-state index in [1.54, 1.807) is 19.2 Å². The minimum Gasteiger partial charge on any atom is -0.496 e. The van der Waals surface area contributed by atoms with Crippen LogP contribution in [0.1, 0.15) is 31.6 Å². The van der Waals surface area contributed by atoms with Crippen molar-refractivity contribution in [1.29, 1.82) is 0 Å². The molecule has 0 saturated carbocycles. The molecule has 3 heterocycles. The second-order valence-corrected chi connectivity index (χ2v) is 7.09. The number of rotatable bonds is 4. The Morgan fingerprint density at radius 2 is 2.08 bits per heavy atom. The Kier molecular flexibility index (Phi) is 3.89. The van der Waals surface area contributed by atoms with Crippen LogP contribution >= 0.6 is 11.6 Å². The lowest BCUT2D eigenvalue weighted by Crippen LogP contribution is -2.40. The van der Waals surface area contributed by atoms with E-state index in [-0.39, 0.29) is 5.54 Å². The van der Waals surface area contributed by atoms with Crippen molar-refractivity contribution >= 4 is 17.3 Å². The standard InChI is InChI=1S/C17H21ClN4O2/c1-23-14-9-13(19)12(18)8-11(14)16-20-15(24-21-16)10-17-4-2-6-22(17)7-3-5-17/h8-9H,2-7,10,19H2,1H3. The molecule has 0 spiro atoms. The van der Waals surface area contributed by atoms with E-state index in [2.05, 4.69) is 15.0 Å². The van der Waals surface area contributed by atoms with E-state index in [1.807, 2.05) is 0 Å². The summed E-state index contributed by atoms with van der Waals surface area (Å²) in [6.07, 6.45) is 5.74. The molecule has 2 aliphatic rings. The third-order valence-electron chi connectivity index (χ3n) is 5.32. The second-order valence-electron chi connectivity index (χ2n) is 6.68. The average molecular weight is 349 g/mol. The predicted molar refractivity (Wildman–Crippen MR) is 92.2 cm³/mol. The summed E-state index contributed by atoms with van der Waals surface area (Å²) in [7, 11) is 1.58. The number of nitrogen functional groups attached to an aromatic ring is 1. The van der Waals surface area contributed by atoms with Gasteiger partial charge in [0.25, 0.3) is 0 Å². The molecule has 0 amide bonds. The van der Waals surface area contributed by atoms with Crippen LogP contribution in [0.5, 0.6) is 5.75 Å². The monoisotopic (exact) mass is 348 g/mol. The molecule has 2 aliphatic heterocycles. The smallest absolute Gasteiger partial charge is 0.228 e. The molecule has 2 N–H and O–H groups in total. The normalized spacial score (nSPS) is 19.6. The van der Waals surface area contributed by atoms with Crippen molar-refractivity contribution in [3.63, 3.8) is 0 Å². The highest BCUT2D eigenvalue weighted by atomic mass is 35.5. The van der Waals surface area contributed by atoms with Gasteiger partial charge in [-0.3, -0.25) is 4.90 Å². The Morgan fingerprint density at radius 3 is 2.79 bits per heavy atom. The summed E-state index contributed by atoms with van der Waals surface area (Å²) in [5, 5.41) is 4.59. The summed E-state index contributed by atoms with van der Waals surface area (Å²) < 4.78 is 10.9. The molecule has 1 aromatic carbocycles. The molecular formula is C17H21ClN4O2. The van der Waals surface area contributed by atoms with Crippen LogP contribution in [-0.2, 0) is 6.42 Å². The number of methoxy groups -OCH3 is 1. The molecule has 2 aromatic rings. The van der Waals surface area contributed by atoms with Gasteiger partial charge in [0.2, 0.25) is 11.7 Å². The number of benzene rings is 1. The number of hydrogen-bond donors (Lipinski definition) is 1. The maximum atomic E-state index is 6.14. The molecule has 0 aliphatic carbocycles. The molecule has 0 radical (unpaired) electrons. The van der Waals surface area contributed by atoms with Crippen LogP contribution in [0.25, 0.3) is 11.4 Å². The van der Waals surface area contributed by atoms with E-state index in [0.29, 0.717) is 33.7 Å². The zero-order valence-corrected chi connectivity index (χ0v) is 14.5. The summed E-state index contributed by atoms with van der Waals surface area (Å²) in [5.41, 5.74) is 7.21. The van der Waals surface area contributed by atoms with Gasteiger partial charge in [-0.25, -0.2) is 0 Å². The molecule has 6 nitrogen and oxygen atoms in total. The number of halogens is 1. The van der Waals surface area contributed by atoms with E-state index in [0.717, 1.165) is 6.42 Å². The highest BCUT2D eigenvalue weighted by Crippen LogP contribution is 2.41. The number of hydrogen-bond acceptors (Lipinski definition) is 6. The van der Waals surface area contributed by atoms with Gasteiger partial charge >= 0.3 is 0 Å². The van der Waals surface area contributed by atoms with Crippen molar-refractivity contribution in [3.05, 3.63) is 23.0 Å². The fourth-order valence-electron chi connectivity index (χ4n) is 4.14. The quantitative estimate of drug-likeness (QED) is 0.855. The first kappa shape index (κ1) is 15.7. The lowest BCUT2D eigenvalue weighted by molar-refractivity contribution is 0.178. The van der Waals surface area contributed by atoms with Gasteiger partial charge in [-0.2, -0.15) is 4.98 Å². The molecule has 24 heavy (non-hydrogen) atoms. The molecule has 2 fully saturated rings. The van der Waals surface area contributed by atoms with E-state index in [1.165, 1.54) is 38.8 Å². The predicted octanol–water partition coefficient (Wildman–Crippen LogP) is 3.15. The highest BCUT2D eigenvalue weighted by molar-refractivity contribution is 6.33. The van der Waals surface area contributed by atoms with E-state index in [9.17, 15) is 0 Å². The summed E-state index contributed by atoms with van der Waals surface area (Å²) in [5.74, 6) is 1.75. The maximum absolute atomic E-state index is 6.14. The zero-order chi connectivity index (χ0) is 16.7. The van der Waals surface area contributed by atoms with Gasteiger partial charge in [0, 0.05) is 18.0 Å². The van der Waals surface area contributed by atoms with Crippen molar-refractivity contribution in [2.75, 3.05) is 25.9 Å². The summed E-state index contributed by atoms with van der Waals surface area (Å²) in [4.78, 5) is 7.18. The van der Waals surface area contributed by atoms with Crippen LogP contribution in [0.15, 0.2) is 16.7 Å². The summed E-state index contributed by atoms with van der Waals surface area (Å²) in [6.45, 7) is 2.37. The van der Waals surface area contributed by atoms with Crippen LogP contribution in [-0.4, -0.2) is 40.8 Å². The Labute approximate surface area is 145 Å². The minimum atomic E-state index is 0.215. The lowest BCUT2D eigenvalue weighted by atomic mass is 9.90. The Balaban J connectivity index is 1.63. The minimum absolute atomic E-state index is 0.215. The number of nitrogens with zero attached hydrogens (tertiary/aromatic N) is 3. The molecule has 0 atom stereocenters. The SMILES string of the molecule is COc1cc(N)c(Cl)cc1-c1noc(CC23CCCN2CCC3)n1. The van der Waals surface area contributed by atoms with Crippen LogP contribution < -0.4 is 10.5 Å². The lowest BCUT2D eigenvalue weighted by Gasteiger charge is -2.30. The first-order chi connectivity index (χ1) is 11.6. The molecule has 7 heteroatoms. The third-order valence-corrected chi connectivity index (χ3v) is 5.65. The Hall–Kier alpha value is -1.79. The topological polar surface area (TPSA) is 77.4 Å². The fraction of sp³-hybridized carbons (Fsp3) is 0.529. The van der Waals surface area contributed by atoms with E-state index in [4.69, 9.17) is 26.6 Å². The molecule has 4 rings (SSSR count). The molecule has 0 unspecified atom stereocenters. The number of fused-ring (bicyclic) bond motifs is 1. The Morgan fingerprint density at radius 1 is 1.33 bits per heavy atom. The van der Waals surface area contributed by atoms with Gasteiger partial charge in [-0.1, -0.05) is 16.8 Å². The zero-order valence-electron chi connectivity index (χ0n) is 13.7. The van der Waals surface area contributed by atoms with Gasteiger partial charge in [0.05, 0.1) is 23.4 Å². The van der Waals surface area contributed by atoms with Crippen molar-refractivity contribution in [1.82, 2.24) is 15.0 Å². The average Bonchev–Trinajstić information content (AvgIpc) is 3.25. The summed E-state index contributed by atoms with van der Waals surface area (Å²) in [6, 6.07) is 3.40. The first-order valence-corrected chi connectivity index (χ1v) is 8.70. The van der Waals surface area contributed by atoms with Crippen molar-refractivity contribution in [3.8, 4) is 17.1 Å². The van der Waals surface area contributed by atoms with Gasteiger partial charge in [0.1, 0.15) is 5.75 Å². The van der Waals surface area contributed by atoms with Gasteiger partial charge in [-0.15, -0.1) is 0 Å². The largest absolute Gasteiger partial charge is 0.496 e. The van der Waals surface area contributed by atoms with Crippen LogP contribution in [0.3, 0.4) is 0 Å². The van der Waals surface area contributed by atoms with Gasteiger partial charge < -0.3 is 15.0 Å². The van der Waals surface area contributed by atoms with Crippen molar-refractivity contribution in [2.24, 2.45) is 0 Å². The van der Waals surface area contributed by atoms with Gasteiger partial charge in [0.15, 0.2) is 0 Å². The molecule has 0 bridgehead atoms. The number of aromatic nitrogens is 2. The molecule has 1 aromatic heterocycles. The summed E-state index contributed by atoms with van der Waals surface area (Å²) >= 11 is 6.14. The van der Waals surface area contributed by atoms with E-state index >= 15 is 0 Å². The van der Waals surface area contributed by atoms with Crippen molar-refractivity contribution < 1.29 is 9.26 Å². The van der Waals surface area contributed by atoms with Crippen molar-refractivity contribution in [2.45, 2.75) is 37.6 Å².